The summed E-state index contributed by atoms with van der Waals surface area (Å²) in [5.74, 6) is 0. The standard InChI is InChI=1S/C9H19N3.C2H6/c10-8-2-5-12(6-3-8)9-1-4-11-7-9;1-2/h8-9,11H,1-7,10H2;1-2H3. The van der Waals surface area contributed by atoms with E-state index in [0.29, 0.717) is 6.04 Å². The summed E-state index contributed by atoms with van der Waals surface area (Å²) in [7, 11) is 0. The van der Waals surface area contributed by atoms with Crippen molar-refractivity contribution in [3.05, 3.63) is 0 Å². The average Bonchev–Trinajstić information content (AvgIpc) is 2.75. The van der Waals surface area contributed by atoms with E-state index in [4.69, 9.17) is 5.73 Å². The Morgan fingerprint density at radius 3 is 2.29 bits per heavy atom. The predicted octanol–water partition coefficient (Wildman–Crippen LogP) is 0.798. The van der Waals surface area contributed by atoms with Crippen LogP contribution < -0.4 is 11.1 Å². The molecule has 0 aliphatic carbocycles. The minimum absolute atomic E-state index is 0.468. The van der Waals surface area contributed by atoms with E-state index in [1.54, 1.807) is 0 Å². The number of piperidine rings is 1. The van der Waals surface area contributed by atoms with E-state index < -0.39 is 0 Å². The summed E-state index contributed by atoms with van der Waals surface area (Å²) in [6.45, 7) is 8.82. The highest BCUT2D eigenvalue weighted by Crippen LogP contribution is 2.15. The minimum atomic E-state index is 0.468. The van der Waals surface area contributed by atoms with E-state index in [1.807, 2.05) is 13.8 Å². The van der Waals surface area contributed by atoms with Crippen molar-refractivity contribution in [2.45, 2.75) is 45.2 Å². The number of nitrogens with zero attached hydrogens (tertiary/aromatic N) is 1. The van der Waals surface area contributed by atoms with Crippen molar-refractivity contribution in [2.75, 3.05) is 26.2 Å². The lowest BCUT2D eigenvalue weighted by Gasteiger charge is -2.34. The van der Waals surface area contributed by atoms with Gasteiger partial charge in [-0.15, -0.1) is 0 Å². The Labute approximate surface area is 88.0 Å². The average molecular weight is 199 g/mol. The second-order valence-corrected chi connectivity index (χ2v) is 4.02. The molecule has 2 aliphatic rings. The molecule has 0 amide bonds. The third-order valence-electron chi connectivity index (χ3n) is 3.12. The van der Waals surface area contributed by atoms with Crippen LogP contribution in [0.4, 0.5) is 0 Å². The van der Waals surface area contributed by atoms with Gasteiger partial charge in [0.05, 0.1) is 0 Å². The summed E-state index contributed by atoms with van der Waals surface area (Å²) in [5, 5.41) is 3.41. The maximum absolute atomic E-state index is 5.85. The van der Waals surface area contributed by atoms with Crippen LogP contribution in [-0.4, -0.2) is 43.2 Å². The third kappa shape index (κ3) is 3.23. The van der Waals surface area contributed by atoms with Crippen LogP contribution in [0.3, 0.4) is 0 Å². The van der Waals surface area contributed by atoms with Crippen molar-refractivity contribution >= 4 is 0 Å². The van der Waals surface area contributed by atoms with Gasteiger partial charge in [0.25, 0.3) is 0 Å². The molecule has 0 aromatic carbocycles. The molecule has 1 atom stereocenters. The first kappa shape index (κ1) is 12.0. The molecule has 2 fully saturated rings. The molecule has 14 heavy (non-hydrogen) atoms. The molecule has 2 heterocycles. The molecule has 3 N–H and O–H groups in total. The number of hydrogen-bond acceptors (Lipinski definition) is 3. The molecular weight excluding hydrogens is 174 g/mol. The van der Waals surface area contributed by atoms with Gasteiger partial charge in [0.1, 0.15) is 0 Å². The lowest BCUT2D eigenvalue weighted by molar-refractivity contribution is 0.162. The molecule has 0 aromatic heterocycles. The largest absolute Gasteiger partial charge is 0.328 e. The molecular formula is C11H25N3. The summed E-state index contributed by atoms with van der Waals surface area (Å²) < 4.78 is 0. The van der Waals surface area contributed by atoms with E-state index in [2.05, 4.69) is 10.2 Å². The molecule has 84 valence electrons. The van der Waals surface area contributed by atoms with E-state index in [9.17, 15) is 0 Å². The first-order valence-electron chi connectivity index (χ1n) is 6.06. The van der Waals surface area contributed by atoms with Gasteiger partial charge in [0, 0.05) is 18.6 Å². The van der Waals surface area contributed by atoms with Crippen molar-refractivity contribution < 1.29 is 0 Å². The van der Waals surface area contributed by atoms with Crippen molar-refractivity contribution in [1.82, 2.24) is 10.2 Å². The Kier molecular flexibility index (Phi) is 5.45. The summed E-state index contributed by atoms with van der Waals surface area (Å²) in [6.07, 6.45) is 3.71. The molecule has 3 heteroatoms. The van der Waals surface area contributed by atoms with Crippen LogP contribution in [-0.2, 0) is 0 Å². The van der Waals surface area contributed by atoms with Gasteiger partial charge in [0.2, 0.25) is 0 Å². The predicted molar refractivity (Wildman–Crippen MR) is 61.4 cm³/mol. The highest BCUT2D eigenvalue weighted by Gasteiger charge is 2.25. The SMILES string of the molecule is CC.NC1CCN(C2CCNC2)CC1. The molecule has 0 aromatic rings. The van der Waals surface area contributed by atoms with Crippen molar-refractivity contribution in [1.29, 1.82) is 0 Å². The molecule has 2 rings (SSSR count). The van der Waals surface area contributed by atoms with Crippen molar-refractivity contribution in [3.8, 4) is 0 Å². The van der Waals surface area contributed by atoms with Gasteiger partial charge in [-0.1, -0.05) is 13.8 Å². The number of nitrogens with two attached hydrogens (primary N) is 1. The highest BCUT2D eigenvalue weighted by molar-refractivity contribution is 4.84. The zero-order chi connectivity index (χ0) is 10.4. The number of hydrogen-bond donors (Lipinski definition) is 2. The quantitative estimate of drug-likeness (QED) is 0.656. The number of nitrogens with one attached hydrogen (secondary N) is 1. The molecule has 3 nitrogen and oxygen atoms in total. The maximum atomic E-state index is 5.85. The molecule has 0 spiro atoms. The van der Waals surface area contributed by atoms with E-state index >= 15 is 0 Å². The molecule has 1 unspecified atom stereocenters. The minimum Gasteiger partial charge on any atom is -0.328 e. The monoisotopic (exact) mass is 199 g/mol. The Morgan fingerprint density at radius 1 is 1.14 bits per heavy atom. The van der Waals surface area contributed by atoms with Crippen LogP contribution in [0.1, 0.15) is 33.1 Å². The van der Waals surface area contributed by atoms with Gasteiger partial charge in [0.15, 0.2) is 0 Å². The maximum Gasteiger partial charge on any atom is 0.0232 e. The van der Waals surface area contributed by atoms with Gasteiger partial charge in [-0.2, -0.15) is 0 Å². The van der Waals surface area contributed by atoms with Gasteiger partial charge in [-0.05, 0) is 38.9 Å². The first-order chi connectivity index (χ1) is 6.86. The lowest BCUT2D eigenvalue weighted by Crippen LogP contribution is -2.45. The molecule has 0 saturated carbocycles. The topological polar surface area (TPSA) is 41.3 Å². The highest BCUT2D eigenvalue weighted by atomic mass is 15.2. The Bertz CT molecular complexity index is 135. The fraction of sp³-hybridized carbons (Fsp3) is 1.00. The van der Waals surface area contributed by atoms with Gasteiger partial charge in [-0.3, -0.25) is 4.90 Å². The lowest BCUT2D eigenvalue weighted by atomic mass is 10.0. The fourth-order valence-corrected chi connectivity index (χ4v) is 2.24. The summed E-state index contributed by atoms with van der Waals surface area (Å²) in [4.78, 5) is 2.60. The van der Waals surface area contributed by atoms with Gasteiger partial charge < -0.3 is 11.1 Å². The van der Waals surface area contributed by atoms with Crippen molar-refractivity contribution in [2.24, 2.45) is 5.73 Å². The first-order valence-corrected chi connectivity index (χ1v) is 6.06. The normalized spacial score (nSPS) is 29.8. The zero-order valence-electron chi connectivity index (χ0n) is 9.63. The van der Waals surface area contributed by atoms with Crippen LogP contribution in [0.2, 0.25) is 0 Å². The van der Waals surface area contributed by atoms with Crippen LogP contribution in [0.25, 0.3) is 0 Å². The van der Waals surface area contributed by atoms with E-state index in [1.165, 1.54) is 45.4 Å². The number of likely N-dealkylation sites (tertiary alicyclic amines) is 1. The number of rotatable bonds is 1. The molecule has 2 aliphatic heterocycles. The van der Waals surface area contributed by atoms with Crippen LogP contribution in [0.15, 0.2) is 0 Å². The second kappa shape index (κ2) is 6.38. The molecule has 0 radical (unpaired) electrons. The zero-order valence-corrected chi connectivity index (χ0v) is 9.63. The smallest absolute Gasteiger partial charge is 0.0232 e. The Hall–Kier alpha value is -0.120. The molecule has 2 saturated heterocycles. The van der Waals surface area contributed by atoms with Crippen LogP contribution >= 0.6 is 0 Å². The van der Waals surface area contributed by atoms with E-state index in [-0.39, 0.29) is 0 Å². The van der Waals surface area contributed by atoms with Crippen molar-refractivity contribution in [3.63, 3.8) is 0 Å². The van der Waals surface area contributed by atoms with Gasteiger partial charge in [-0.25, -0.2) is 0 Å². The molecule has 0 bridgehead atoms. The van der Waals surface area contributed by atoms with Crippen LogP contribution in [0.5, 0.6) is 0 Å². The third-order valence-corrected chi connectivity index (χ3v) is 3.12. The van der Waals surface area contributed by atoms with Gasteiger partial charge >= 0.3 is 0 Å². The second-order valence-electron chi connectivity index (χ2n) is 4.02. The van der Waals surface area contributed by atoms with E-state index in [0.717, 1.165) is 6.04 Å². The summed E-state index contributed by atoms with van der Waals surface area (Å²) >= 11 is 0. The summed E-state index contributed by atoms with van der Waals surface area (Å²) in [5.41, 5.74) is 5.85. The fourth-order valence-electron chi connectivity index (χ4n) is 2.24. The Morgan fingerprint density at radius 2 is 1.79 bits per heavy atom. The van der Waals surface area contributed by atoms with Crippen LogP contribution in [0, 0.1) is 0 Å². The summed E-state index contributed by atoms with van der Waals surface area (Å²) in [6, 6.07) is 1.27. The Balaban J connectivity index is 0.000000461.